The van der Waals surface area contributed by atoms with Crippen molar-refractivity contribution in [2.75, 3.05) is 17.7 Å². The van der Waals surface area contributed by atoms with Crippen molar-refractivity contribution in [2.24, 2.45) is 0 Å². The number of methoxy groups -OCH3 is 1. The van der Waals surface area contributed by atoms with Crippen molar-refractivity contribution in [1.82, 2.24) is 19.9 Å². The van der Waals surface area contributed by atoms with Crippen LogP contribution in [-0.4, -0.2) is 27.0 Å². The molecule has 4 rings (SSSR count). The van der Waals surface area contributed by atoms with Crippen molar-refractivity contribution in [2.45, 2.75) is 0 Å². The van der Waals surface area contributed by atoms with Crippen LogP contribution in [0.2, 0.25) is 0 Å². The van der Waals surface area contributed by atoms with Gasteiger partial charge >= 0.3 is 0 Å². The predicted molar refractivity (Wildman–Crippen MR) is 97.7 cm³/mol. The second kappa shape index (κ2) is 6.48. The summed E-state index contributed by atoms with van der Waals surface area (Å²) < 4.78 is 5.18. The number of H-pyrrole nitrogens is 1. The molecule has 0 bridgehead atoms. The van der Waals surface area contributed by atoms with Gasteiger partial charge in [0.15, 0.2) is 11.5 Å². The van der Waals surface area contributed by atoms with E-state index in [4.69, 9.17) is 4.74 Å². The summed E-state index contributed by atoms with van der Waals surface area (Å²) in [6, 6.07) is 17.4. The van der Waals surface area contributed by atoms with Gasteiger partial charge in [-0.2, -0.15) is 9.97 Å². The van der Waals surface area contributed by atoms with Gasteiger partial charge in [-0.05, 0) is 36.4 Å². The molecule has 0 atom stereocenters. The van der Waals surface area contributed by atoms with Crippen LogP contribution < -0.4 is 15.4 Å². The molecule has 0 saturated carbocycles. The smallest absolute Gasteiger partial charge is 0.231 e. The molecular weight excluding hydrogens is 316 g/mol. The summed E-state index contributed by atoms with van der Waals surface area (Å²) >= 11 is 0. The first-order chi connectivity index (χ1) is 12.3. The lowest BCUT2D eigenvalue weighted by atomic mass is 10.3. The molecule has 0 aliphatic rings. The van der Waals surface area contributed by atoms with Crippen LogP contribution >= 0.6 is 0 Å². The maximum Gasteiger partial charge on any atom is 0.231 e. The summed E-state index contributed by atoms with van der Waals surface area (Å²) in [4.78, 5) is 16.3. The van der Waals surface area contributed by atoms with E-state index < -0.39 is 0 Å². The van der Waals surface area contributed by atoms with Gasteiger partial charge in [0.05, 0.1) is 13.4 Å². The fourth-order valence-electron chi connectivity index (χ4n) is 2.44. The molecule has 0 radical (unpaired) electrons. The third-order valence-corrected chi connectivity index (χ3v) is 3.67. The lowest BCUT2D eigenvalue weighted by molar-refractivity contribution is 0.415. The first-order valence-electron chi connectivity index (χ1n) is 7.76. The number of hydrogen-bond acceptors (Lipinski definition) is 6. The highest BCUT2D eigenvalue weighted by Gasteiger charge is 2.10. The van der Waals surface area contributed by atoms with E-state index in [0.29, 0.717) is 17.4 Å². The maximum atomic E-state index is 5.18. The average molecular weight is 332 g/mol. The summed E-state index contributed by atoms with van der Waals surface area (Å²) in [6.07, 6.45) is 1.60. The number of nitrogens with one attached hydrogen (secondary N) is 3. The third-order valence-electron chi connectivity index (χ3n) is 3.67. The summed E-state index contributed by atoms with van der Waals surface area (Å²) in [6.45, 7) is 0. The second-order valence-electron chi connectivity index (χ2n) is 5.34. The van der Waals surface area contributed by atoms with Gasteiger partial charge in [0.1, 0.15) is 11.3 Å². The van der Waals surface area contributed by atoms with Crippen molar-refractivity contribution in [3.05, 3.63) is 60.9 Å². The van der Waals surface area contributed by atoms with Crippen LogP contribution in [0.1, 0.15) is 0 Å². The van der Waals surface area contributed by atoms with Gasteiger partial charge in [0, 0.05) is 11.4 Å². The first kappa shape index (κ1) is 14.9. The zero-order chi connectivity index (χ0) is 17.1. The van der Waals surface area contributed by atoms with Crippen LogP contribution in [0.4, 0.5) is 23.1 Å². The standard InChI is InChI=1S/C18H16N6O/c1-25-14-9-7-13(8-10-14)21-17-15-16(20-11-19-15)23-18(24-17)22-12-5-3-2-4-6-12/h2-11H,1H3,(H3,19,20,21,22,23,24). The normalized spacial score (nSPS) is 10.6. The molecule has 0 spiro atoms. The minimum Gasteiger partial charge on any atom is -0.497 e. The molecule has 3 N–H and O–H groups in total. The Morgan fingerprint density at radius 3 is 2.40 bits per heavy atom. The number of anilines is 4. The second-order valence-corrected chi connectivity index (χ2v) is 5.34. The molecule has 0 fully saturated rings. The SMILES string of the molecule is COc1ccc(Nc2nc(Nc3ccccc3)nc3nc[nH]c23)cc1. The molecule has 0 aliphatic heterocycles. The summed E-state index contributed by atoms with van der Waals surface area (Å²) in [5.74, 6) is 1.92. The molecule has 0 aliphatic carbocycles. The Balaban J connectivity index is 1.67. The monoisotopic (exact) mass is 332 g/mol. The van der Waals surface area contributed by atoms with E-state index >= 15 is 0 Å². The Bertz CT molecular complexity index is 982. The van der Waals surface area contributed by atoms with Crippen molar-refractivity contribution >= 4 is 34.3 Å². The Morgan fingerprint density at radius 2 is 1.64 bits per heavy atom. The Hall–Kier alpha value is -3.61. The van der Waals surface area contributed by atoms with Crippen molar-refractivity contribution < 1.29 is 4.74 Å². The van der Waals surface area contributed by atoms with E-state index in [1.165, 1.54) is 0 Å². The lowest BCUT2D eigenvalue weighted by Crippen LogP contribution is -2.02. The van der Waals surface area contributed by atoms with Gasteiger partial charge in [-0.3, -0.25) is 0 Å². The molecule has 124 valence electrons. The van der Waals surface area contributed by atoms with Crippen LogP contribution in [0.3, 0.4) is 0 Å². The zero-order valence-electron chi connectivity index (χ0n) is 13.5. The van der Waals surface area contributed by atoms with Crippen LogP contribution in [0.25, 0.3) is 11.2 Å². The van der Waals surface area contributed by atoms with Crippen LogP contribution in [0, 0.1) is 0 Å². The summed E-state index contributed by atoms with van der Waals surface area (Å²) in [5.41, 5.74) is 3.13. The lowest BCUT2D eigenvalue weighted by Gasteiger charge is -2.10. The van der Waals surface area contributed by atoms with Gasteiger partial charge in [-0.15, -0.1) is 0 Å². The van der Waals surface area contributed by atoms with E-state index in [9.17, 15) is 0 Å². The largest absolute Gasteiger partial charge is 0.497 e. The number of imidazole rings is 1. The van der Waals surface area contributed by atoms with Gasteiger partial charge < -0.3 is 20.4 Å². The molecular formula is C18H16N6O. The van der Waals surface area contributed by atoms with Crippen molar-refractivity contribution in [3.8, 4) is 5.75 Å². The number of rotatable bonds is 5. The number of nitrogens with zero attached hydrogens (tertiary/aromatic N) is 3. The van der Waals surface area contributed by atoms with E-state index in [0.717, 1.165) is 22.6 Å². The number of aromatic amines is 1. The highest BCUT2D eigenvalue weighted by atomic mass is 16.5. The van der Waals surface area contributed by atoms with Crippen LogP contribution in [0.15, 0.2) is 60.9 Å². The van der Waals surface area contributed by atoms with E-state index in [-0.39, 0.29) is 0 Å². The Labute approximate surface area is 144 Å². The van der Waals surface area contributed by atoms with E-state index in [1.807, 2.05) is 54.6 Å². The number of aromatic nitrogens is 4. The molecule has 2 heterocycles. The molecule has 0 amide bonds. The van der Waals surface area contributed by atoms with Crippen molar-refractivity contribution in [1.29, 1.82) is 0 Å². The van der Waals surface area contributed by atoms with Gasteiger partial charge in [-0.1, -0.05) is 18.2 Å². The number of fused-ring (bicyclic) bond motifs is 1. The topological polar surface area (TPSA) is 87.8 Å². The third kappa shape index (κ3) is 3.20. The van der Waals surface area contributed by atoms with E-state index in [1.54, 1.807) is 13.4 Å². The van der Waals surface area contributed by atoms with Crippen LogP contribution in [-0.2, 0) is 0 Å². The minimum atomic E-state index is 0.474. The molecule has 25 heavy (non-hydrogen) atoms. The molecule has 7 heteroatoms. The van der Waals surface area contributed by atoms with Gasteiger partial charge in [0.2, 0.25) is 5.95 Å². The molecule has 7 nitrogen and oxygen atoms in total. The average Bonchev–Trinajstić information content (AvgIpc) is 3.12. The van der Waals surface area contributed by atoms with Gasteiger partial charge in [-0.25, -0.2) is 4.98 Å². The molecule has 2 aromatic heterocycles. The minimum absolute atomic E-state index is 0.474. The fourth-order valence-corrected chi connectivity index (χ4v) is 2.44. The number of para-hydroxylation sites is 1. The predicted octanol–water partition coefficient (Wildman–Crippen LogP) is 3.85. The quantitative estimate of drug-likeness (QED) is 0.514. The fraction of sp³-hybridized carbons (Fsp3) is 0.0556. The summed E-state index contributed by atoms with van der Waals surface area (Å²) in [5, 5.41) is 6.49. The summed E-state index contributed by atoms with van der Waals surface area (Å²) in [7, 11) is 1.64. The van der Waals surface area contributed by atoms with E-state index in [2.05, 4.69) is 30.6 Å². The molecule has 4 aromatic rings. The highest BCUT2D eigenvalue weighted by molar-refractivity contribution is 5.86. The molecule has 2 aromatic carbocycles. The zero-order valence-corrected chi connectivity index (χ0v) is 13.5. The number of benzene rings is 2. The maximum absolute atomic E-state index is 5.18. The van der Waals surface area contributed by atoms with Crippen molar-refractivity contribution in [3.63, 3.8) is 0 Å². The Morgan fingerprint density at radius 1 is 0.880 bits per heavy atom. The number of hydrogen-bond donors (Lipinski definition) is 3. The van der Waals surface area contributed by atoms with Gasteiger partial charge in [0.25, 0.3) is 0 Å². The Kier molecular flexibility index (Phi) is 3.88. The first-order valence-corrected chi connectivity index (χ1v) is 7.76. The van der Waals surface area contributed by atoms with Crippen LogP contribution in [0.5, 0.6) is 5.75 Å². The number of ether oxygens (including phenoxy) is 1. The molecule has 0 unspecified atom stereocenters. The molecule has 0 saturated heterocycles. The highest BCUT2D eigenvalue weighted by Crippen LogP contribution is 2.25.